The van der Waals surface area contributed by atoms with Crippen molar-refractivity contribution < 1.29 is 14.3 Å². The summed E-state index contributed by atoms with van der Waals surface area (Å²) in [5.41, 5.74) is 5.89. The lowest BCUT2D eigenvalue weighted by molar-refractivity contribution is -0.116. The van der Waals surface area contributed by atoms with Gasteiger partial charge in [0.1, 0.15) is 11.6 Å². The third-order valence-corrected chi connectivity index (χ3v) is 6.95. The summed E-state index contributed by atoms with van der Waals surface area (Å²) in [7, 11) is 1.64. The van der Waals surface area contributed by atoms with Crippen molar-refractivity contribution in [2.75, 3.05) is 12.4 Å². The number of methoxy groups -OCH3 is 1. The molecule has 36 heavy (non-hydrogen) atoms. The van der Waals surface area contributed by atoms with Crippen molar-refractivity contribution in [1.82, 2.24) is 10.3 Å². The molecule has 0 radical (unpaired) electrons. The minimum absolute atomic E-state index is 0.0601. The number of ketones is 1. The smallest absolute Gasteiger partial charge is 0.255 e. The number of dihydropyridines is 1. The number of benzene rings is 2. The van der Waals surface area contributed by atoms with Gasteiger partial charge in [-0.1, -0.05) is 42.5 Å². The van der Waals surface area contributed by atoms with Gasteiger partial charge in [-0.05, 0) is 67.1 Å². The molecule has 1 aliphatic heterocycles. The van der Waals surface area contributed by atoms with Gasteiger partial charge < -0.3 is 15.4 Å². The van der Waals surface area contributed by atoms with Gasteiger partial charge in [-0.2, -0.15) is 0 Å². The fourth-order valence-corrected chi connectivity index (χ4v) is 5.22. The SMILES string of the molecule is COc1ccc(C2CC(=O)C3=C(C2)NC(C)=C(C(=O)Nc2cc(C)ccn2)C3c2ccccc2)cc1. The first-order valence-corrected chi connectivity index (χ1v) is 12.1. The second kappa shape index (κ2) is 9.82. The predicted molar refractivity (Wildman–Crippen MR) is 140 cm³/mol. The highest BCUT2D eigenvalue weighted by molar-refractivity contribution is 6.09. The molecule has 182 valence electrons. The molecule has 6 heteroatoms. The number of anilines is 1. The van der Waals surface area contributed by atoms with E-state index in [1.165, 1.54) is 0 Å². The number of nitrogens with one attached hydrogen (secondary N) is 2. The molecule has 0 saturated heterocycles. The molecule has 0 spiro atoms. The molecule has 2 aromatic carbocycles. The quantitative estimate of drug-likeness (QED) is 0.512. The number of nitrogens with zero attached hydrogens (tertiary/aromatic N) is 1. The van der Waals surface area contributed by atoms with Crippen molar-refractivity contribution in [3.63, 3.8) is 0 Å². The summed E-state index contributed by atoms with van der Waals surface area (Å²) in [6, 6.07) is 21.4. The number of Topliss-reactive ketones (excluding diaryl/α,β-unsaturated/α-hetero) is 1. The highest BCUT2D eigenvalue weighted by Gasteiger charge is 2.40. The van der Waals surface area contributed by atoms with Gasteiger partial charge in [0.05, 0.1) is 7.11 Å². The highest BCUT2D eigenvalue weighted by atomic mass is 16.5. The van der Waals surface area contributed by atoms with Gasteiger partial charge in [-0.25, -0.2) is 4.98 Å². The summed E-state index contributed by atoms with van der Waals surface area (Å²) in [6.45, 7) is 3.85. The second-order valence-electron chi connectivity index (χ2n) is 9.37. The van der Waals surface area contributed by atoms with Gasteiger partial charge in [0.25, 0.3) is 5.91 Å². The van der Waals surface area contributed by atoms with Crippen LogP contribution in [0.15, 0.2) is 95.5 Å². The number of aromatic nitrogens is 1. The van der Waals surface area contributed by atoms with E-state index in [4.69, 9.17) is 4.74 Å². The largest absolute Gasteiger partial charge is 0.497 e. The standard InChI is InChI=1S/C30H29N3O3/c1-18-13-14-31-26(15-18)33-30(35)27-19(2)32-24-16-22(20-9-11-23(36-3)12-10-20)17-25(34)29(24)28(27)21-7-5-4-6-8-21/h4-15,22,28,32H,16-17H2,1-3H3,(H,31,33,35). The molecule has 1 amide bonds. The minimum atomic E-state index is -0.448. The molecule has 0 saturated carbocycles. The monoisotopic (exact) mass is 479 g/mol. The summed E-state index contributed by atoms with van der Waals surface area (Å²) in [4.78, 5) is 31.6. The normalized spacial score (nSPS) is 19.5. The van der Waals surface area contributed by atoms with Crippen LogP contribution in [0.4, 0.5) is 5.82 Å². The van der Waals surface area contributed by atoms with Crippen LogP contribution in [0.25, 0.3) is 0 Å². The summed E-state index contributed by atoms with van der Waals surface area (Å²) >= 11 is 0. The molecular formula is C30H29N3O3. The number of ether oxygens (including phenoxy) is 1. The third-order valence-electron chi connectivity index (χ3n) is 6.95. The maximum Gasteiger partial charge on any atom is 0.255 e. The average molecular weight is 480 g/mol. The van der Waals surface area contributed by atoms with Crippen molar-refractivity contribution in [3.05, 3.63) is 112 Å². The molecule has 5 rings (SSSR count). The second-order valence-corrected chi connectivity index (χ2v) is 9.37. The van der Waals surface area contributed by atoms with E-state index in [0.29, 0.717) is 29.8 Å². The first kappa shape index (κ1) is 23.5. The van der Waals surface area contributed by atoms with Crippen molar-refractivity contribution in [2.45, 2.75) is 38.5 Å². The predicted octanol–water partition coefficient (Wildman–Crippen LogP) is 5.40. The van der Waals surface area contributed by atoms with Crippen LogP contribution in [0.1, 0.15) is 48.3 Å². The lowest BCUT2D eigenvalue weighted by atomic mass is 9.71. The molecule has 0 fully saturated rings. The number of rotatable bonds is 5. The first-order chi connectivity index (χ1) is 17.4. The number of hydrogen-bond donors (Lipinski definition) is 2. The van der Waals surface area contributed by atoms with Gasteiger partial charge in [0.15, 0.2) is 5.78 Å². The first-order valence-electron chi connectivity index (χ1n) is 12.1. The van der Waals surface area contributed by atoms with Crippen LogP contribution < -0.4 is 15.4 Å². The molecule has 6 nitrogen and oxygen atoms in total. The van der Waals surface area contributed by atoms with Crippen LogP contribution in [-0.2, 0) is 9.59 Å². The molecular weight excluding hydrogens is 450 g/mol. The topological polar surface area (TPSA) is 80.3 Å². The Morgan fingerprint density at radius 3 is 2.44 bits per heavy atom. The number of carbonyl (C=O) groups is 2. The molecule has 2 aliphatic rings. The fourth-order valence-electron chi connectivity index (χ4n) is 5.22. The molecule has 3 aromatic rings. The van der Waals surface area contributed by atoms with Crippen molar-refractivity contribution >= 4 is 17.5 Å². The van der Waals surface area contributed by atoms with Crippen LogP contribution in [-0.4, -0.2) is 23.8 Å². The number of pyridine rings is 1. The fraction of sp³-hybridized carbons (Fsp3) is 0.233. The lowest BCUT2D eigenvalue weighted by Crippen LogP contribution is -2.37. The Morgan fingerprint density at radius 1 is 1.00 bits per heavy atom. The number of amides is 1. The van der Waals surface area contributed by atoms with E-state index < -0.39 is 5.92 Å². The maximum absolute atomic E-state index is 13.7. The molecule has 2 atom stereocenters. The van der Waals surface area contributed by atoms with Gasteiger partial charge in [0, 0.05) is 41.1 Å². The van der Waals surface area contributed by atoms with Crippen LogP contribution in [0, 0.1) is 6.92 Å². The van der Waals surface area contributed by atoms with Crippen molar-refractivity contribution in [2.24, 2.45) is 0 Å². The summed E-state index contributed by atoms with van der Waals surface area (Å²) in [5, 5.41) is 6.38. The summed E-state index contributed by atoms with van der Waals surface area (Å²) < 4.78 is 5.29. The van der Waals surface area contributed by atoms with E-state index in [2.05, 4.69) is 15.6 Å². The average Bonchev–Trinajstić information content (AvgIpc) is 2.88. The summed E-state index contributed by atoms with van der Waals surface area (Å²) in [5.74, 6) is 0.690. The Bertz CT molecular complexity index is 1370. The van der Waals surface area contributed by atoms with Gasteiger partial charge in [0.2, 0.25) is 0 Å². The molecule has 2 N–H and O–H groups in total. The molecule has 2 unspecified atom stereocenters. The van der Waals surface area contributed by atoms with E-state index in [1.54, 1.807) is 13.3 Å². The van der Waals surface area contributed by atoms with Crippen molar-refractivity contribution in [3.8, 4) is 5.75 Å². The minimum Gasteiger partial charge on any atom is -0.497 e. The zero-order valence-corrected chi connectivity index (χ0v) is 20.7. The van der Waals surface area contributed by atoms with Gasteiger partial charge in [-0.3, -0.25) is 9.59 Å². The van der Waals surface area contributed by atoms with Crippen LogP contribution in [0.2, 0.25) is 0 Å². The van der Waals surface area contributed by atoms with E-state index >= 15 is 0 Å². The molecule has 2 heterocycles. The Morgan fingerprint density at radius 2 is 1.75 bits per heavy atom. The Labute approximate surface area is 211 Å². The third kappa shape index (κ3) is 4.54. The van der Waals surface area contributed by atoms with Crippen LogP contribution in [0.5, 0.6) is 5.75 Å². The van der Waals surface area contributed by atoms with Gasteiger partial charge >= 0.3 is 0 Å². The number of carbonyl (C=O) groups excluding carboxylic acids is 2. The molecule has 0 bridgehead atoms. The van der Waals surface area contributed by atoms with E-state index in [0.717, 1.165) is 33.8 Å². The van der Waals surface area contributed by atoms with Crippen LogP contribution in [0.3, 0.4) is 0 Å². The Balaban J connectivity index is 1.52. The number of allylic oxidation sites excluding steroid dienone is 3. The zero-order valence-electron chi connectivity index (χ0n) is 20.7. The molecule has 1 aliphatic carbocycles. The summed E-state index contributed by atoms with van der Waals surface area (Å²) in [6.07, 6.45) is 2.76. The number of hydrogen-bond acceptors (Lipinski definition) is 5. The lowest BCUT2D eigenvalue weighted by Gasteiger charge is -2.37. The van der Waals surface area contributed by atoms with Crippen molar-refractivity contribution in [1.29, 1.82) is 0 Å². The number of aryl methyl sites for hydroxylation is 1. The van der Waals surface area contributed by atoms with Crippen LogP contribution >= 0.6 is 0 Å². The highest BCUT2D eigenvalue weighted by Crippen LogP contribution is 2.45. The van der Waals surface area contributed by atoms with E-state index in [-0.39, 0.29) is 17.6 Å². The molecule has 1 aromatic heterocycles. The Hall–Kier alpha value is -4.19. The van der Waals surface area contributed by atoms with E-state index in [1.807, 2.05) is 80.6 Å². The zero-order chi connectivity index (χ0) is 25.2. The maximum atomic E-state index is 13.7. The van der Waals surface area contributed by atoms with E-state index in [9.17, 15) is 9.59 Å². The van der Waals surface area contributed by atoms with Gasteiger partial charge in [-0.15, -0.1) is 0 Å². The Kier molecular flexibility index (Phi) is 6.42.